The van der Waals surface area contributed by atoms with E-state index in [0.29, 0.717) is 5.56 Å². The van der Waals surface area contributed by atoms with Crippen molar-refractivity contribution in [3.05, 3.63) is 35.4 Å². The third kappa shape index (κ3) is 3.32. The lowest BCUT2D eigenvalue weighted by Crippen LogP contribution is -2.31. The van der Waals surface area contributed by atoms with Crippen molar-refractivity contribution in [1.29, 1.82) is 10.5 Å². The number of nitrogens with zero attached hydrogens (tertiary/aromatic N) is 3. The molecule has 0 saturated heterocycles. The fraction of sp³-hybridized carbons (Fsp3) is 0.308. The second-order valence-corrected chi connectivity index (χ2v) is 3.53. The Morgan fingerprint density at radius 2 is 1.71 bits per heavy atom. The molecule has 1 amide bonds. The summed E-state index contributed by atoms with van der Waals surface area (Å²) in [6, 6.07) is 11.0. The third-order valence-electron chi connectivity index (χ3n) is 2.42. The first-order valence-electron chi connectivity index (χ1n) is 5.35. The lowest BCUT2D eigenvalue weighted by Gasteiger charge is -2.15. The normalized spacial score (nSPS) is 9.12. The Bertz CT molecular complexity index is 449. The molecule has 0 heterocycles. The van der Waals surface area contributed by atoms with Crippen molar-refractivity contribution in [2.24, 2.45) is 0 Å². The Hall–Kier alpha value is -2.33. The van der Waals surface area contributed by atoms with Gasteiger partial charge >= 0.3 is 0 Å². The lowest BCUT2D eigenvalue weighted by molar-refractivity contribution is 0.0794. The van der Waals surface area contributed by atoms with E-state index in [2.05, 4.69) is 0 Å². The fourth-order valence-electron chi connectivity index (χ4n) is 1.44. The monoisotopic (exact) mass is 227 g/mol. The van der Waals surface area contributed by atoms with Gasteiger partial charge in [-0.3, -0.25) is 4.79 Å². The Balaban J connectivity index is 2.86. The minimum atomic E-state index is -0.282. The highest BCUT2D eigenvalue weighted by molar-refractivity contribution is 5.94. The van der Waals surface area contributed by atoms with Gasteiger partial charge in [0, 0.05) is 5.56 Å². The lowest BCUT2D eigenvalue weighted by atomic mass is 10.1. The van der Waals surface area contributed by atoms with Crippen molar-refractivity contribution in [3.8, 4) is 12.1 Å². The number of carbonyl (C=O) groups excluding carboxylic acids is 1. The van der Waals surface area contributed by atoms with Gasteiger partial charge in [-0.2, -0.15) is 10.5 Å². The van der Waals surface area contributed by atoms with Gasteiger partial charge in [0.1, 0.15) is 13.1 Å². The SMILES string of the molecule is CCc1ccc(C(=O)N(CC#N)CC#N)cc1. The van der Waals surface area contributed by atoms with Crippen molar-refractivity contribution < 1.29 is 4.79 Å². The average Bonchev–Trinajstić information content (AvgIpc) is 2.38. The van der Waals surface area contributed by atoms with Crippen LogP contribution in [0, 0.1) is 22.7 Å². The highest BCUT2D eigenvalue weighted by atomic mass is 16.2. The van der Waals surface area contributed by atoms with Crippen LogP contribution in [0.4, 0.5) is 0 Å². The van der Waals surface area contributed by atoms with Gasteiger partial charge < -0.3 is 4.90 Å². The topological polar surface area (TPSA) is 67.9 Å². The predicted molar refractivity (Wildman–Crippen MR) is 62.9 cm³/mol. The van der Waals surface area contributed by atoms with Crippen LogP contribution in [0.3, 0.4) is 0 Å². The molecule has 1 aromatic carbocycles. The molecule has 0 N–H and O–H groups in total. The molecule has 0 aliphatic carbocycles. The summed E-state index contributed by atoms with van der Waals surface area (Å²) in [6.45, 7) is 1.90. The third-order valence-corrected chi connectivity index (χ3v) is 2.42. The van der Waals surface area contributed by atoms with E-state index in [1.54, 1.807) is 12.1 Å². The van der Waals surface area contributed by atoms with Gasteiger partial charge in [-0.25, -0.2) is 0 Å². The summed E-state index contributed by atoms with van der Waals surface area (Å²) in [4.78, 5) is 13.2. The first-order chi connectivity index (χ1) is 8.22. The number of carbonyl (C=O) groups is 1. The van der Waals surface area contributed by atoms with Crippen LogP contribution in [-0.2, 0) is 6.42 Å². The molecule has 0 radical (unpaired) electrons. The number of hydrogen-bond acceptors (Lipinski definition) is 3. The number of nitriles is 2. The Morgan fingerprint density at radius 3 is 2.12 bits per heavy atom. The van der Waals surface area contributed by atoms with E-state index in [-0.39, 0.29) is 19.0 Å². The van der Waals surface area contributed by atoms with Crippen LogP contribution >= 0.6 is 0 Å². The molecular weight excluding hydrogens is 214 g/mol. The van der Waals surface area contributed by atoms with Crippen molar-refractivity contribution in [2.75, 3.05) is 13.1 Å². The van der Waals surface area contributed by atoms with Gasteiger partial charge in [-0.15, -0.1) is 0 Å². The van der Waals surface area contributed by atoms with Gasteiger partial charge in [0.15, 0.2) is 0 Å². The van der Waals surface area contributed by atoms with E-state index in [9.17, 15) is 4.79 Å². The summed E-state index contributed by atoms with van der Waals surface area (Å²) in [5.41, 5.74) is 1.65. The summed E-state index contributed by atoms with van der Waals surface area (Å²) in [6.07, 6.45) is 0.911. The molecule has 1 aromatic rings. The average molecular weight is 227 g/mol. The molecule has 0 atom stereocenters. The number of benzene rings is 1. The highest BCUT2D eigenvalue weighted by Gasteiger charge is 2.14. The highest BCUT2D eigenvalue weighted by Crippen LogP contribution is 2.08. The van der Waals surface area contributed by atoms with Gasteiger partial charge in [-0.1, -0.05) is 19.1 Å². The molecule has 0 aliphatic rings. The molecule has 0 spiro atoms. The molecule has 0 aromatic heterocycles. The minimum Gasteiger partial charge on any atom is -0.312 e. The molecule has 4 heteroatoms. The first kappa shape index (κ1) is 12.7. The number of amides is 1. The maximum atomic E-state index is 11.9. The fourth-order valence-corrected chi connectivity index (χ4v) is 1.44. The predicted octanol–water partition coefficient (Wildman–Crippen LogP) is 1.74. The summed E-state index contributed by atoms with van der Waals surface area (Å²) < 4.78 is 0. The summed E-state index contributed by atoms with van der Waals surface area (Å²) in [5.74, 6) is -0.282. The van der Waals surface area contributed by atoms with E-state index >= 15 is 0 Å². The zero-order valence-corrected chi connectivity index (χ0v) is 9.68. The van der Waals surface area contributed by atoms with Crippen LogP contribution < -0.4 is 0 Å². The second-order valence-electron chi connectivity index (χ2n) is 3.53. The van der Waals surface area contributed by atoms with Crippen LogP contribution in [-0.4, -0.2) is 23.9 Å². The van der Waals surface area contributed by atoms with Crippen LogP contribution in [0.5, 0.6) is 0 Å². The van der Waals surface area contributed by atoms with E-state index in [1.165, 1.54) is 4.90 Å². The molecule has 0 fully saturated rings. The minimum absolute atomic E-state index is 0.0675. The number of rotatable bonds is 4. The smallest absolute Gasteiger partial charge is 0.255 e. The van der Waals surface area contributed by atoms with E-state index < -0.39 is 0 Å². The van der Waals surface area contributed by atoms with Crippen LogP contribution in [0.1, 0.15) is 22.8 Å². The maximum Gasteiger partial charge on any atom is 0.255 e. The van der Waals surface area contributed by atoms with Crippen molar-refractivity contribution >= 4 is 5.91 Å². The molecule has 0 saturated carbocycles. The number of aryl methyl sites for hydroxylation is 1. The Kier molecular flexibility index (Phi) is 4.72. The molecular formula is C13H13N3O. The summed E-state index contributed by atoms with van der Waals surface area (Å²) in [5, 5.41) is 17.2. The second kappa shape index (κ2) is 6.30. The Morgan fingerprint density at radius 1 is 1.18 bits per heavy atom. The van der Waals surface area contributed by atoms with E-state index in [4.69, 9.17) is 10.5 Å². The van der Waals surface area contributed by atoms with E-state index in [0.717, 1.165) is 12.0 Å². The molecule has 86 valence electrons. The van der Waals surface area contributed by atoms with Crippen molar-refractivity contribution in [3.63, 3.8) is 0 Å². The van der Waals surface area contributed by atoms with Gasteiger partial charge in [0.2, 0.25) is 0 Å². The quantitative estimate of drug-likeness (QED) is 0.736. The Labute approximate surface area is 101 Å². The maximum absolute atomic E-state index is 11.9. The first-order valence-corrected chi connectivity index (χ1v) is 5.35. The summed E-state index contributed by atoms with van der Waals surface area (Å²) in [7, 11) is 0. The molecule has 17 heavy (non-hydrogen) atoms. The largest absolute Gasteiger partial charge is 0.312 e. The molecule has 0 unspecified atom stereocenters. The van der Waals surface area contributed by atoms with Gasteiger partial charge in [-0.05, 0) is 24.1 Å². The van der Waals surface area contributed by atoms with Crippen LogP contribution in [0.25, 0.3) is 0 Å². The van der Waals surface area contributed by atoms with E-state index in [1.807, 2.05) is 31.2 Å². The van der Waals surface area contributed by atoms with Crippen molar-refractivity contribution in [1.82, 2.24) is 4.90 Å². The summed E-state index contributed by atoms with van der Waals surface area (Å²) >= 11 is 0. The molecule has 0 aliphatic heterocycles. The molecule has 4 nitrogen and oxygen atoms in total. The zero-order chi connectivity index (χ0) is 12.7. The van der Waals surface area contributed by atoms with Gasteiger partial charge in [0.25, 0.3) is 5.91 Å². The van der Waals surface area contributed by atoms with Crippen LogP contribution in [0.2, 0.25) is 0 Å². The zero-order valence-electron chi connectivity index (χ0n) is 9.68. The molecule has 0 bridgehead atoms. The number of hydrogen-bond donors (Lipinski definition) is 0. The molecule has 1 rings (SSSR count). The van der Waals surface area contributed by atoms with Crippen LogP contribution in [0.15, 0.2) is 24.3 Å². The van der Waals surface area contributed by atoms with Gasteiger partial charge in [0.05, 0.1) is 12.1 Å². The van der Waals surface area contributed by atoms with Crippen molar-refractivity contribution in [2.45, 2.75) is 13.3 Å². The standard InChI is InChI=1S/C13H13N3O/c1-2-11-3-5-12(6-4-11)13(17)16(9-7-14)10-8-15/h3-6H,2,9-10H2,1H3.